The minimum absolute atomic E-state index is 0.103. The second-order valence-electron chi connectivity index (χ2n) is 7.90. The van der Waals surface area contributed by atoms with Crippen molar-refractivity contribution in [3.05, 3.63) is 54.6 Å². The van der Waals surface area contributed by atoms with Crippen LogP contribution in [-0.2, 0) is 22.5 Å². The van der Waals surface area contributed by atoms with Crippen molar-refractivity contribution in [3.8, 4) is 17.0 Å². The van der Waals surface area contributed by atoms with Crippen LogP contribution in [0.15, 0.2) is 53.9 Å². The summed E-state index contributed by atoms with van der Waals surface area (Å²) in [7, 11) is 3.17. The lowest BCUT2D eigenvalue weighted by Crippen LogP contribution is -2.26. The minimum Gasteiger partial charge on any atom is -0.612 e. The molecule has 0 spiro atoms. The zero-order valence-electron chi connectivity index (χ0n) is 19.5. The van der Waals surface area contributed by atoms with Crippen molar-refractivity contribution < 1.29 is 28.0 Å². The number of aromatic nitrogens is 5. The number of nitrogens with zero attached hydrogens (tertiary/aromatic N) is 6. The van der Waals surface area contributed by atoms with E-state index in [-0.39, 0.29) is 35.1 Å². The van der Waals surface area contributed by atoms with Gasteiger partial charge in [0.15, 0.2) is 16.8 Å². The Labute approximate surface area is 207 Å². The lowest BCUT2D eigenvalue weighted by molar-refractivity contribution is -0.129. The number of aliphatic hydroxyl groups excluding tert-OH is 1. The van der Waals surface area contributed by atoms with E-state index in [9.17, 15) is 23.2 Å². The van der Waals surface area contributed by atoms with E-state index in [2.05, 4.69) is 25.2 Å². The number of aliphatic hydroxyl groups is 1. The van der Waals surface area contributed by atoms with E-state index >= 15 is 0 Å². The molecular formula is C22H23F2N7O4S. The highest BCUT2D eigenvalue weighted by Crippen LogP contribution is 2.38. The number of ether oxygens (including phenoxy) is 1. The predicted molar refractivity (Wildman–Crippen MR) is 127 cm³/mol. The number of likely N-dealkylation sites (N-methyl/N-ethyl adjacent to an activating group) is 1. The molecule has 3 heterocycles. The Morgan fingerprint density at radius 1 is 1.36 bits per heavy atom. The summed E-state index contributed by atoms with van der Waals surface area (Å²) in [5.41, 5.74) is 1.17. The fraction of sp³-hybridized carbons (Fsp3) is 0.273. The highest BCUT2D eigenvalue weighted by Gasteiger charge is 2.24. The molecule has 36 heavy (non-hydrogen) atoms. The van der Waals surface area contributed by atoms with E-state index in [1.807, 2.05) is 0 Å². The summed E-state index contributed by atoms with van der Waals surface area (Å²) in [5.74, 6) is -0.478. The maximum Gasteiger partial charge on any atom is 0.387 e. The van der Waals surface area contributed by atoms with E-state index < -0.39 is 24.0 Å². The smallest absolute Gasteiger partial charge is 0.387 e. The van der Waals surface area contributed by atoms with E-state index in [4.69, 9.17) is 0 Å². The molecular weight excluding hydrogens is 496 g/mol. The first-order valence-corrected chi connectivity index (χ1v) is 12.1. The fourth-order valence-electron chi connectivity index (χ4n) is 3.42. The number of anilines is 1. The number of hydrogen-bond donors (Lipinski definition) is 2. The Balaban J connectivity index is 1.80. The van der Waals surface area contributed by atoms with Crippen LogP contribution in [-0.4, -0.2) is 71.8 Å². The molecule has 2 atom stereocenters. The van der Waals surface area contributed by atoms with Gasteiger partial charge in [-0.05, 0) is 29.4 Å². The molecule has 2 unspecified atom stereocenters. The Morgan fingerprint density at radius 2 is 2.14 bits per heavy atom. The van der Waals surface area contributed by atoms with Gasteiger partial charge < -0.3 is 24.6 Å². The van der Waals surface area contributed by atoms with Crippen LogP contribution in [0, 0.1) is 0 Å². The lowest BCUT2D eigenvalue weighted by atomic mass is 10.1. The number of carbonyl (C=O) groups is 1. The van der Waals surface area contributed by atoms with Crippen LogP contribution in [0.25, 0.3) is 16.9 Å². The van der Waals surface area contributed by atoms with E-state index in [0.717, 1.165) is 0 Å². The quantitative estimate of drug-likeness (QED) is 0.254. The first kappa shape index (κ1) is 25.3. The molecule has 0 saturated heterocycles. The van der Waals surface area contributed by atoms with Crippen molar-refractivity contribution in [3.63, 3.8) is 0 Å². The summed E-state index contributed by atoms with van der Waals surface area (Å²) in [6, 6.07) is 5.79. The third-order valence-corrected chi connectivity index (χ3v) is 6.12. The summed E-state index contributed by atoms with van der Waals surface area (Å²) in [6.45, 7) is -3.27. The molecule has 0 radical (unpaired) electrons. The average molecular weight is 520 g/mol. The topological polar surface area (TPSA) is 133 Å². The molecule has 190 valence electrons. The van der Waals surface area contributed by atoms with Crippen LogP contribution < -0.4 is 10.1 Å². The van der Waals surface area contributed by atoms with Gasteiger partial charge in [0.05, 0.1) is 23.0 Å². The van der Waals surface area contributed by atoms with Gasteiger partial charge in [0.2, 0.25) is 5.91 Å². The second kappa shape index (κ2) is 10.5. The molecule has 2 N–H and O–H groups in total. The first-order valence-electron chi connectivity index (χ1n) is 10.6. The van der Waals surface area contributed by atoms with Crippen molar-refractivity contribution in [1.29, 1.82) is 0 Å². The molecule has 4 rings (SSSR count). The zero-order valence-corrected chi connectivity index (χ0v) is 20.3. The number of carbonyl (C=O) groups excluding carboxylic acids is 1. The van der Waals surface area contributed by atoms with Crippen LogP contribution in [0.1, 0.15) is 11.8 Å². The highest BCUT2D eigenvalue weighted by molar-refractivity contribution is 7.90. The number of alkyl halides is 2. The van der Waals surface area contributed by atoms with Crippen molar-refractivity contribution in [1.82, 2.24) is 29.3 Å². The summed E-state index contributed by atoms with van der Waals surface area (Å²) < 4.78 is 45.9. The number of rotatable bonds is 9. The molecule has 0 aliphatic rings. The normalized spacial score (nSPS) is 13.1. The molecule has 1 amide bonds. The minimum atomic E-state index is -3.12. The second-order valence-corrected chi connectivity index (χ2v) is 9.28. The van der Waals surface area contributed by atoms with Crippen molar-refractivity contribution in [2.24, 2.45) is 0 Å². The summed E-state index contributed by atoms with van der Waals surface area (Å²) in [5, 5.41) is 22.4. The average Bonchev–Trinajstić information content (AvgIpc) is 3.42. The molecule has 3 aromatic heterocycles. The number of fused-ring (bicyclic) bond motifs is 1. The van der Waals surface area contributed by atoms with Crippen molar-refractivity contribution in [2.45, 2.75) is 24.3 Å². The number of nitrogens with one attached hydrogen (secondary N) is 1. The summed E-state index contributed by atoms with van der Waals surface area (Å²) in [4.78, 5) is 18.2. The molecule has 14 heteroatoms. The van der Waals surface area contributed by atoms with E-state index in [1.165, 1.54) is 50.9 Å². The molecule has 0 aliphatic heterocycles. The van der Waals surface area contributed by atoms with E-state index in [1.54, 1.807) is 32.6 Å². The van der Waals surface area contributed by atoms with Crippen LogP contribution in [0.4, 0.5) is 14.5 Å². The van der Waals surface area contributed by atoms with Crippen LogP contribution >= 0.6 is 0 Å². The maximum atomic E-state index is 13.2. The first-order chi connectivity index (χ1) is 17.1. The third kappa shape index (κ3) is 5.40. The number of hydrogen-bond acceptors (Lipinski definition) is 8. The van der Waals surface area contributed by atoms with Gasteiger partial charge >= 0.3 is 6.61 Å². The monoisotopic (exact) mass is 519 g/mol. The third-order valence-electron chi connectivity index (χ3n) is 5.21. The Bertz CT molecular complexity index is 1380. The highest BCUT2D eigenvalue weighted by atomic mass is 32.2. The van der Waals surface area contributed by atoms with E-state index in [0.29, 0.717) is 16.1 Å². The van der Waals surface area contributed by atoms with Gasteiger partial charge in [-0.25, -0.2) is 9.50 Å². The molecule has 4 aromatic rings. The molecule has 11 nitrogen and oxygen atoms in total. The zero-order chi connectivity index (χ0) is 26.0. The Morgan fingerprint density at radius 3 is 2.83 bits per heavy atom. The maximum absolute atomic E-state index is 13.2. The SMILES string of the molecule is CN(C)C(=O)Cn1cc(NC(O)c2cnn3cccnc23)c(-c2cc([S+](C)[O-])ccc2OC(F)F)n1. The van der Waals surface area contributed by atoms with Gasteiger partial charge in [0.25, 0.3) is 0 Å². The fourth-order valence-corrected chi connectivity index (χ4v) is 3.97. The Hall–Kier alpha value is -3.75. The molecule has 0 aliphatic carbocycles. The van der Waals surface area contributed by atoms with Gasteiger partial charge in [0.1, 0.15) is 24.2 Å². The number of amides is 1. The number of benzene rings is 1. The van der Waals surface area contributed by atoms with Crippen molar-refractivity contribution >= 4 is 28.4 Å². The van der Waals surface area contributed by atoms with Gasteiger partial charge in [-0.3, -0.25) is 9.48 Å². The van der Waals surface area contributed by atoms with Crippen LogP contribution in [0.2, 0.25) is 0 Å². The molecule has 0 saturated carbocycles. The Kier molecular flexibility index (Phi) is 7.37. The van der Waals surface area contributed by atoms with Gasteiger partial charge in [-0.2, -0.15) is 19.0 Å². The van der Waals surface area contributed by atoms with Crippen LogP contribution in [0.5, 0.6) is 5.75 Å². The number of halogens is 2. The van der Waals surface area contributed by atoms with Gasteiger partial charge in [-0.1, -0.05) is 0 Å². The summed E-state index contributed by atoms with van der Waals surface area (Å²) in [6.07, 6.45) is 6.24. The predicted octanol–water partition coefficient (Wildman–Crippen LogP) is 2.12. The standard InChI is InChI=1S/C22H23F2N7O4S/c1-29(2)18(32)12-30-11-16(27-21(33)15-10-26-31-8-4-7-25-20(15)31)19(28-30)14-9-13(36(3)34)5-6-17(14)35-22(23)24/h4-11,21-22,27,33H,12H2,1-3H3. The lowest BCUT2D eigenvalue weighted by Gasteiger charge is -2.15. The molecule has 0 bridgehead atoms. The van der Waals surface area contributed by atoms with Crippen LogP contribution in [0.3, 0.4) is 0 Å². The largest absolute Gasteiger partial charge is 0.612 e. The molecule has 1 aromatic carbocycles. The summed E-state index contributed by atoms with van der Waals surface area (Å²) >= 11 is -1.43. The van der Waals surface area contributed by atoms with Gasteiger partial charge in [0, 0.05) is 38.8 Å². The van der Waals surface area contributed by atoms with Gasteiger partial charge in [-0.15, -0.1) is 0 Å². The molecule has 0 fully saturated rings. The van der Waals surface area contributed by atoms with Crippen molar-refractivity contribution in [2.75, 3.05) is 25.7 Å².